The number of fused-ring (bicyclic) bond motifs is 1. The lowest BCUT2D eigenvalue weighted by Gasteiger charge is -2.34. The molecule has 0 aliphatic carbocycles. The smallest absolute Gasteiger partial charge is 0.318 e. The quantitative estimate of drug-likeness (QED) is 0.787. The maximum Gasteiger partial charge on any atom is 0.318 e. The first-order chi connectivity index (χ1) is 12.7. The van der Waals surface area contributed by atoms with Gasteiger partial charge in [0.15, 0.2) is 0 Å². The van der Waals surface area contributed by atoms with E-state index in [1.165, 1.54) is 11.3 Å². The van der Waals surface area contributed by atoms with Gasteiger partial charge in [0.05, 0.1) is 12.4 Å². The lowest BCUT2D eigenvalue weighted by atomic mass is 10.1. The molecule has 1 aliphatic rings. The van der Waals surface area contributed by atoms with Crippen molar-refractivity contribution in [1.82, 2.24) is 24.3 Å². The number of hydrogen-bond acceptors (Lipinski definition) is 2. The first-order valence-corrected chi connectivity index (χ1v) is 8.94. The molecule has 0 saturated heterocycles. The molecule has 6 heteroatoms. The molecule has 1 unspecified atom stereocenters. The Morgan fingerprint density at radius 2 is 1.96 bits per heavy atom. The first-order valence-electron chi connectivity index (χ1n) is 8.94. The number of carbonyl (C=O) groups excluding carboxylic acids is 1. The topological polar surface area (TPSA) is 55.1 Å². The van der Waals surface area contributed by atoms with Crippen molar-refractivity contribution in [2.45, 2.75) is 32.6 Å². The molecular formula is C20H23N5O. The van der Waals surface area contributed by atoms with Gasteiger partial charge >= 0.3 is 6.03 Å². The van der Waals surface area contributed by atoms with E-state index in [0.717, 1.165) is 25.2 Å². The second-order valence-corrected chi connectivity index (χ2v) is 6.71. The Hall–Kier alpha value is -3.02. The van der Waals surface area contributed by atoms with E-state index in [2.05, 4.69) is 58.3 Å². The van der Waals surface area contributed by atoms with E-state index in [9.17, 15) is 4.79 Å². The van der Waals surface area contributed by atoms with Gasteiger partial charge in [0.2, 0.25) is 0 Å². The van der Waals surface area contributed by atoms with E-state index in [0.29, 0.717) is 6.54 Å². The Labute approximate surface area is 153 Å². The number of aromatic nitrogens is 3. The predicted molar refractivity (Wildman–Crippen MR) is 99.6 cm³/mol. The van der Waals surface area contributed by atoms with Gasteiger partial charge in [-0.1, -0.05) is 24.3 Å². The van der Waals surface area contributed by atoms with Crippen LogP contribution in [0.25, 0.3) is 0 Å². The van der Waals surface area contributed by atoms with Crippen LogP contribution in [0.3, 0.4) is 0 Å². The number of benzene rings is 1. The summed E-state index contributed by atoms with van der Waals surface area (Å²) in [6, 6.07) is 12.5. The Balaban J connectivity index is 1.33. The van der Waals surface area contributed by atoms with Crippen molar-refractivity contribution in [1.29, 1.82) is 0 Å². The van der Waals surface area contributed by atoms with E-state index < -0.39 is 0 Å². The largest absolute Gasteiger partial charge is 0.348 e. The molecule has 134 valence electrons. The molecule has 1 atom stereocenters. The first kappa shape index (κ1) is 16.4. The highest BCUT2D eigenvalue weighted by Gasteiger charge is 2.27. The van der Waals surface area contributed by atoms with Crippen LogP contribution in [0.5, 0.6) is 0 Å². The van der Waals surface area contributed by atoms with Crippen molar-refractivity contribution >= 4 is 6.03 Å². The van der Waals surface area contributed by atoms with Gasteiger partial charge in [0, 0.05) is 50.5 Å². The Morgan fingerprint density at radius 3 is 2.73 bits per heavy atom. The second kappa shape index (κ2) is 7.07. The minimum atomic E-state index is -0.00700. The summed E-state index contributed by atoms with van der Waals surface area (Å²) in [6.45, 7) is 5.00. The average Bonchev–Trinajstić information content (AvgIpc) is 3.33. The van der Waals surface area contributed by atoms with Crippen LogP contribution in [0.1, 0.15) is 29.8 Å². The van der Waals surface area contributed by atoms with E-state index >= 15 is 0 Å². The zero-order valence-corrected chi connectivity index (χ0v) is 14.9. The van der Waals surface area contributed by atoms with Crippen molar-refractivity contribution in [3.05, 3.63) is 78.1 Å². The molecule has 1 aliphatic heterocycles. The zero-order valence-electron chi connectivity index (χ0n) is 14.9. The van der Waals surface area contributed by atoms with E-state index in [-0.39, 0.29) is 12.1 Å². The molecule has 0 spiro atoms. The summed E-state index contributed by atoms with van der Waals surface area (Å²) in [5, 5.41) is 3.05. The monoisotopic (exact) mass is 349 g/mol. The minimum Gasteiger partial charge on any atom is -0.348 e. The third-order valence-electron chi connectivity index (χ3n) is 4.99. The number of imidazole rings is 1. The van der Waals surface area contributed by atoms with Crippen LogP contribution in [0.4, 0.5) is 4.79 Å². The van der Waals surface area contributed by atoms with Crippen molar-refractivity contribution in [2.24, 2.45) is 0 Å². The van der Waals surface area contributed by atoms with E-state index in [4.69, 9.17) is 0 Å². The average molecular weight is 349 g/mol. The highest BCUT2D eigenvalue weighted by Crippen LogP contribution is 2.25. The summed E-state index contributed by atoms with van der Waals surface area (Å²) in [6.07, 6.45) is 7.61. The zero-order chi connectivity index (χ0) is 17.9. The maximum absolute atomic E-state index is 12.6. The lowest BCUT2D eigenvalue weighted by Crippen LogP contribution is -2.45. The number of amides is 2. The molecule has 2 aromatic heterocycles. The molecule has 1 aromatic carbocycles. The van der Waals surface area contributed by atoms with Crippen molar-refractivity contribution in [3.63, 3.8) is 0 Å². The molecule has 26 heavy (non-hydrogen) atoms. The Kier molecular flexibility index (Phi) is 4.48. The highest BCUT2D eigenvalue weighted by molar-refractivity contribution is 5.74. The molecule has 2 amide bonds. The third-order valence-corrected chi connectivity index (χ3v) is 4.99. The van der Waals surface area contributed by atoms with Gasteiger partial charge in [0.1, 0.15) is 0 Å². The highest BCUT2D eigenvalue weighted by atomic mass is 16.2. The van der Waals surface area contributed by atoms with Gasteiger partial charge in [-0.3, -0.25) is 0 Å². The van der Waals surface area contributed by atoms with E-state index in [1.807, 2.05) is 28.1 Å². The molecule has 4 rings (SSSR count). The van der Waals surface area contributed by atoms with Crippen LogP contribution in [-0.2, 0) is 19.6 Å². The summed E-state index contributed by atoms with van der Waals surface area (Å²) in [5.74, 6) is 0. The molecule has 0 fully saturated rings. The Bertz CT molecular complexity index is 866. The summed E-state index contributed by atoms with van der Waals surface area (Å²) in [5.41, 5.74) is 3.50. The summed E-state index contributed by atoms with van der Waals surface area (Å²) in [4.78, 5) is 18.5. The standard InChI is InChI=1S/C20H23N5O/c1-16-19-3-2-9-24(19)11-12-25(16)20(26)22-13-17-4-6-18(7-5-17)14-23-10-8-21-15-23/h2-10,15-16H,11-14H2,1H3,(H,22,26). The molecule has 3 aromatic rings. The number of nitrogens with zero attached hydrogens (tertiary/aromatic N) is 4. The number of nitrogens with one attached hydrogen (secondary N) is 1. The summed E-state index contributed by atoms with van der Waals surface area (Å²) >= 11 is 0. The molecule has 0 radical (unpaired) electrons. The SMILES string of the molecule is CC1c2cccn2CCN1C(=O)NCc1ccc(Cn2ccnc2)cc1. The molecule has 3 heterocycles. The Morgan fingerprint density at radius 1 is 1.15 bits per heavy atom. The second-order valence-electron chi connectivity index (χ2n) is 6.71. The van der Waals surface area contributed by atoms with E-state index in [1.54, 1.807) is 6.20 Å². The fourth-order valence-corrected chi connectivity index (χ4v) is 3.49. The number of urea groups is 1. The van der Waals surface area contributed by atoms with Gasteiger partial charge in [0.25, 0.3) is 0 Å². The molecule has 0 saturated carbocycles. The van der Waals surface area contributed by atoms with Gasteiger partial charge in [-0.05, 0) is 30.2 Å². The van der Waals surface area contributed by atoms with Crippen molar-refractivity contribution in [3.8, 4) is 0 Å². The van der Waals surface area contributed by atoms with Crippen LogP contribution in [0.2, 0.25) is 0 Å². The van der Waals surface area contributed by atoms with Gasteiger partial charge in [-0.15, -0.1) is 0 Å². The maximum atomic E-state index is 12.6. The summed E-state index contributed by atoms with van der Waals surface area (Å²) in [7, 11) is 0. The van der Waals surface area contributed by atoms with Crippen LogP contribution in [0, 0.1) is 0 Å². The van der Waals surface area contributed by atoms with Crippen molar-refractivity contribution in [2.75, 3.05) is 6.54 Å². The normalized spacial score (nSPS) is 16.3. The molecule has 6 nitrogen and oxygen atoms in total. The third kappa shape index (κ3) is 3.35. The fourth-order valence-electron chi connectivity index (χ4n) is 3.49. The van der Waals surface area contributed by atoms with Gasteiger partial charge in [-0.25, -0.2) is 9.78 Å². The van der Waals surface area contributed by atoms with Gasteiger partial charge in [-0.2, -0.15) is 0 Å². The van der Waals surface area contributed by atoms with Crippen LogP contribution in [-0.4, -0.2) is 31.6 Å². The fraction of sp³-hybridized carbons (Fsp3) is 0.300. The molecular weight excluding hydrogens is 326 g/mol. The number of rotatable bonds is 4. The summed E-state index contributed by atoms with van der Waals surface area (Å²) < 4.78 is 4.25. The molecule has 0 bridgehead atoms. The van der Waals surface area contributed by atoms with Gasteiger partial charge < -0.3 is 19.4 Å². The minimum absolute atomic E-state index is 0.00700. The van der Waals surface area contributed by atoms with Crippen molar-refractivity contribution < 1.29 is 4.79 Å². The van der Waals surface area contributed by atoms with Crippen LogP contribution >= 0.6 is 0 Å². The van der Waals surface area contributed by atoms with Crippen LogP contribution in [0.15, 0.2) is 61.3 Å². The lowest BCUT2D eigenvalue weighted by molar-refractivity contribution is 0.162. The molecule has 1 N–H and O–H groups in total. The van der Waals surface area contributed by atoms with Crippen LogP contribution < -0.4 is 5.32 Å². The number of carbonyl (C=O) groups is 1. The number of hydrogen-bond donors (Lipinski definition) is 1. The predicted octanol–water partition coefficient (Wildman–Crippen LogP) is 3.02.